The highest BCUT2D eigenvalue weighted by molar-refractivity contribution is 5.87. The van der Waals surface area contributed by atoms with Gasteiger partial charge in [0, 0.05) is 13.1 Å². The van der Waals surface area contributed by atoms with Gasteiger partial charge in [-0.05, 0) is 12.8 Å². The summed E-state index contributed by atoms with van der Waals surface area (Å²) < 4.78 is 10.4. The number of esters is 1. The second kappa shape index (κ2) is 4.53. The minimum atomic E-state index is -0.458. The molecule has 2 atom stereocenters. The van der Waals surface area contributed by atoms with E-state index < -0.39 is 5.97 Å². The van der Waals surface area contributed by atoms with Gasteiger partial charge in [-0.3, -0.25) is 4.98 Å². The van der Waals surface area contributed by atoms with Crippen molar-refractivity contribution in [3.8, 4) is 0 Å². The molecular formula is C12H15N3O3. The highest BCUT2D eigenvalue weighted by atomic mass is 16.5. The topological polar surface area (TPSA) is 64.5 Å². The lowest BCUT2D eigenvalue weighted by Gasteiger charge is -2.32. The standard InChI is InChI=1S/C12H15N3O3/c1-17-12(16)10-4-13-5-11(14-10)15-6-8-2-3-9(7-15)18-8/h4-5,8-9H,2-3,6-7H2,1H3. The summed E-state index contributed by atoms with van der Waals surface area (Å²) in [6, 6.07) is 0. The third-order valence-electron chi connectivity index (χ3n) is 3.38. The molecule has 2 aliphatic rings. The zero-order valence-corrected chi connectivity index (χ0v) is 10.2. The van der Waals surface area contributed by atoms with Gasteiger partial charge in [0.2, 0.25) is 0 Å². The van der Waals surface area contributed by atoms with Crippen LogP contribution in [0.25, 0.3) is 0 Å². The van der Waals surface area contributed by atoms with E-state index in [4.69, 9.17) is 4.74 Å². The molecule has 0 amide bonds. The Morgan fingerprint density at radius 3 is 2.78 bits per heavy atom. The predicted molar refractivity (Wildman–Crippen MR) is 63.5 cm³/mol. The van der Waals surface area contributed by atoms with Crippen molar-refractivity contribution in [1.29, 1.82) is 0 Å². The van der Waals surface area contributed by atoms with Crippen molar-refractivity contribution < 1.29 is 14.3 Å². The lowest BCUT2D eigenvalue weighted by Crippen LogP contribution is -2.43. The summed E-state index contributed by atoms with van der Waals surface area (Å²) in [7, 11) is 1.34. The molecule has 6 nitrogen and oxygen atoms in total. The average molecular weight is 249 g/mol. The number of hydrogen-bond acceptors (Lipinski definition) is 6. The number of anilines is 1. The van der Waals surface area contributed by atoms with E-state index in [0.29, 0.717) is 0 Å². The second-order valence-electron chi connectivity index (χ2n) is 4.62. The molecule has 96 valence electrons. The highest BCUT2D eigenvalue weighted by Crippen LogP contribution is 2.28. The van der Waals surface area contributed by atoms with Gasteiger partial charge in [-0.1, -0.05) is 0 Å². The van der Waals surface area contributed by atoms with Crippen LogP contribution in [0.15, 0.2) is 12.4 Å². The first-order chi connectivity index (χ1) is 8.76. The maximum Gasteiger partial charge on any atom is 0.358 e. The van der Waals surface area contributed by atoms with Crippen molar-refractivity contribution >= 4 is 11.8 Å². The summed E-state index contributed by atoms with van der Waals surface area (Å²) in [6.07, 6.45) is 5.87. The molecule has 0 N–H and O–H groups in total. The van der Waals surface area contributed by atoms with Crippen LogP contribution in [-0.2, 0) is 9.47 Å². The number of aromatic nitrogens is 2. The first-order valence-corrected chi connectivity index (χ1v) is 6.07. The zero-order chi connectivity index (χ0) is 12.5. The maximum absolute atomic E-state index is 11.4. The molecule has 0 spiro atoms. The SMILES string of the molecule is COC(=O)c1cncc(N2CC3CCC(C2)O3)n1. The third kappa shape index (κ3) is 2.03. The van der Waals surface area contributed by atoms with Gasteiger partial charge in [-0.15, -0.1) is 0 Å². The first kappa shape index (κ1) is 11.4. The van der Waals surface area contributed by atoms with E-state index in [1.165, 1.54) is 13.3 Å². The Bertz CT molecular complexity index is 454. The number of methoxy groups -OCH3 is 1. The first-order valence-electron chi connectivity index (χ1n) is 6.07. The number of nitrogens with zero attached hydrogens (tertiary/aromatic N) is 3. The fourth-order valence-corrected chi connectivity index (χ4v) is 2.51. The Labute approximate surface area is 105 Å². The monoisotopic (exact) mass is 249 g/mol. The number of rotatable bonds is 2. The van der Waals surface area contributed by atoms with Gasteiger partial charge < -0.3 is 14.4 Å². The molecule has 0 aliphatic carbocycles. The zero-order valence-electron chi connectivity index (χ0n) is 10.2. The Hall–Kier alpha value is -1.69. The third-order valence-corrected chi connectivity index (χ3v) is 3.38. The lowest BCUT2D eigenvalue weighted by molar-refractivity contribution is 0.0302. The number of ether oxygens (including phenoxy) is 2. The molecule has 0 aromatic carbocycles. The molecule has 2 fully saturated rings. The summed E-state index contributed by atoms with van der Waals surface area (Å²) in [6.45, 7) is 1.63. The smallest absolute Gasteiger partial charge is 0.358 e. The molecular weight excluding hydrogens is 234 g/mol. The van der Waals surface area contributed by atoms with Gasteiger partial charge in [-0.25, -0.2) is 9.78 Å². The van der Waals surface area contributed by atoms with Crippen LogP contribution in [0, 0.1) is 0 Å². The summed E-state index contributed by atoms with van der Waals surface area (Å²) in [5.74, 6) is 0.263. The van der Waals surface area contributed by atoms with Crippen LogP contribution < -0.4 is 4.90 Å². The van der Waals surface area contributed by atoms with Gasteiger partial charge in [0.1, 0.15) is 5.82 Å². The van der Waals surface area contributed by atoms with Crippen LogP contribution in [-0.4, -0.2) is 48.3 Å². The van der Waals surface area contributed by atoms with Crippen LogP contribution >= 0.6 is 0 Å². The van der Waals surface area contributed by atoms with E-state index in [2.05, 4.69) is 19.6 Å². The summed E-state index contributed by atoms with van der Waals surface area (Å²) in [4.78, 5) is 21.9. The highest BCUT2D eigenvalue weighted by Gasteiger charge is 2.34. The van der Waals surface area contributed by atoms with E-state index >= 15 is 0 Å². The molecule has 3 heterocycles. The fourth-order valence-electron chi connectivity index (χ4n) is 2.51. The molecule has 6 heteroatoms. The Kier molecular flexibility index (Phi) is 2.87. The number of hydrogen-bond donors (Lipinski definition) is 0. The van der Waals surface area contributed by atoms with Crippen molar-refractivity contribution in [2.75, 3.05) is 25.1 Å². The molecule has 2 saturated heterocycles. The summed E-state index contributed by atoms with van der Waals surface area (Å²) >= 11 is 0. The van der Waals surface area contributed by atoms with E-state index in [1.54, 1.807) is 6.20 Å². The normalized spacial score (nSPS) is 26.2. The minimum absolute atomic E-state index is 0.244. The van der Waals surface area contributed by atoms with Gasteiger partial charge in [0.25, 0.3) is 0 Å². The molecule has 1 aromatic heterocycles. The molecule has 0 radical (unpaired) electrons. The molecule has 18 heavy (non-hydrogen) atoms. The van der Waals surface area contributed by atoms with Crippen molar-refractivity contribution in [2.24, 2.45) is 0 Å². The van der Waals surface area contributed by atoms with E-state index in [-0.39, 0.29) is 17.9 Å². The number of carbonyl (C=O) groups is 1. The van der Waals surface area contributed by atoms with E-state index in [9.17, 15) is 4.79 Å². The van der Waals surface area contributed by atoms with Crippen LogP contribution in [0.4, 0.5) is 5.82 Å². The summed E-state index contributed by atoms with van der Waals surface area (Å²) in [5, 5.41) is 0. The van der Waals surface area contributed by atoms with Crippen molar-refractivity contribution in [3.05, 3.63) is 18.1 Å². The molecule has 0 saturated carbocycles. The van der Waals surface area contributed by atoms with E-state index in [0.717, 1.165) is 31.7 Å². The number of fused-ring (bicyclic) bond motifs is 2. The number of morpholine rings is 1. The average Bonchev–Trinajstić information content (AvgIpc) is 2.76. The van der Waals surface area contributed by atoms with Crippen molar-refractivity contribution in [2.45, 2.75) is 25.0 Å². The van der Waals surface area contributed by atoms with Crippen LogP contribution in [0.1, 0.15) is 23.3 Å². The van der Waals surface area contributed by atoms with Gasteiger partial charge in [-0.2, -0.15) is 0 Å². The quantitative estimate of drug-likeness (QED) is 0.716. The van der Waals surface area contributed by atoms with Crippen LogP contribution in [0.2, 0.25) is 0 Å². The summed E-state index contributed by atoms with van der Waals surface area (Å²) in [5.41, 5.74) is 0.244. The van der Waals surface area contributed by atoms with Crippen molar-refractivity contribution in [3.63, 3.8) is 0 Å². The molecule has 2 aliphatic heterocycles. The Morgan fingerprint density at radius 2 is 2.11 bits per heavy atom. The predicted octanol–water partition coefficient (Wildman–Crippen LogP) is 0.631. The van der Waals surface area contributed by atoms with E-state index in [1.807, 2.05) is 0 Å². The lowest BCUT2D eigenvalue weighted by atomic mass is 10.2. The Morgan fingerprint density at radius 1 is 1.39 bits per heavy atom. The van der Waals surface area contributed by atoms with Gasteiger partial charge >= 0.3 is 5.97 Å². The van der Waals surface area contributed by atoms with Crippen LogP contribution in [0.3, 0.4) is 0 Å². The fraction of sp³-hybridized carbons (Fsp3) is 0.583. The minimum Gasteiger partial charge on any atom is -0.464 e. The number of carbonyl (C=O) groups excluding carboxylic acids is 1. The largest absolute Gasteiger partial charge is 0.464 e. The molecule has 2 bridgehead atoms. The van der Waals surface area contributed by atoms with Crippen LogP contribution in [0.5, 0.6) is 0 Å². The Balaban J connectivity index is 1.81. The maximum atomic E-state index is 11.4. The molecule has 2 unspecified atom stereocenters. The second-order valence-corrected chi connectivity index (χ2v) is 4.62. The van der Waals surface area contributed by atoms with Crippen molar-refractivity contribution in [1.82, 2.24) is 9.97 Å². The van der Waals surface area contributed by atoms with Gasteiger partial charge in [0.15, 0.2) is 5.69 Å². The molecule has 1 aromatic rings. The molecule has 3 rings (SSSR count). The van der Waals surface area contributed by atoms with Gasteiger partial charge in [0.05, 0.1) is 31.7 Å².